The van der Waals surface area contributed by atoms with E-state index in [0.717, 1.165) is 32.5 Å². The summed E-state index contributed by atoms with van der Waals surface area (Å²) in [5.74, 6) is 0. The number of unbranched alkanes of at least 4 members (excludes halogenated alkanes) is 1. The van der Waals surface area contributed by atoms with Crippen LogP contribution in [-0.4, -0.2) is 50.3 Å². The molecule has 128 valence electrons. The average Bonchev–Trinajstić information content (AvgIpc) is 2.60. The lowest BCUT2D eigenvalue weighted by Crippen LogP contribution is -2.48. The molecule has 1 fully saturated rings. The Morgan fingerprint density at radius 1 is 1.00 bits per heavy atom. The van der Waals surface area contributed by atoms with Crippen molar-refractivity contribution in [2.24, 2.45) is 0 Å². The predicted molar refractivity (Wildman–Crippen MR) is 93.2 cm³/mol. The minimum absolute atomic E-state index is 0.486. The lowest BCUT2D eigenvalue weighted by Gasteiger charge is -2.34. The molecule has 1 aliphatic carbocycles. The van der Waals surface area contributed by atoms with Crippen LogP contribution < -0.4 is 0 Å². The zero-order valence-electron chi connectivity index (χ0n) is 14.1. The highest BCUT2D eigenvalue weighted by Gasteiger charge is 2.28. The summed E-state index contributed by atoms with van der Waals surface area (Å²) >= 11 is 0. The Labute approximate surface area is 140 Å². The standard InChI is InChI=1S/C18H28N2O2S/c1-2-3-10-19-11-13-20(14-12-19)23(21,22)18-9-8-16-6-4-5-7-17(16)15-18/h8-9,15H,2-7,10-14H2,1H3. The molecule has 0 atom stereocenters. The summed E-state index contributed by atoms with van der Waals surface area (Å²) in [4.78, 5) is 2.86. The number of sulfonamides is 1. The Morgan fingerprint density at radius 2 is 1.70 bits per heavy atom. The highest BCUT2D eigenvalue weighted by molar-refractivity contribution is 7.89. The first-order valence-corrected chi connectivity index (χ1v) is 10.4. The van der Waals surface area contributed by atoms with Crippen LogP contribution in [0.4, 0.5) is 0 Å². The minimum Gasteiger partial charge on any atom is -0.301 e. The molecule has 1 aromatic rings. The number of hydrogen-bond acceptors (Lipinski definition) is 3. The molecule has 5 heteroatoms. The molecule has 0 amide bonds. The van der Waals surface area contributed by atoms with E-state index in [2.05, 4.69) is 11.8 Å². The molecule has 4 nitrogen and oxygen atoms in total. The molecule has 0 spiro atoms. The summed E-state index contributed by atoms with van der Waals surface area (Å²) in [6.07, 6.45) is 6.88. The molecule has 1 aromatic carbocycles. The Balaban J connectivity index is 1.70. The average molecular weight is 337 g/mol. The molecule has 0 aromatic heterocycles. The van der Waals surface area contributed by atoms with E-state index >= 15 is 0 Å². The Bertz CT molecular complexity index is 634. The van der Waals surface area contributed by atoms with E-state index < -0.39 is 10.0 Å². The third-order valence-electron chi connectivity index (χ3n) is 5.12. The van der Waals surface area contributed by atoms with Gasteiger partial charge in [-0.3, -0.25) is 0 Å². The summed E-state index contributed by atoms with van der Waals surface area (Å²) < 4.78 is 27.5. The zero-order chi connectivity index (χ0) is 16.3. The van der Waals surface area contributed by atoms with Crippen molar-refractivity contribution in [2.45, 2.75) is 50.3 Å². The van der Waals surface area contributed by atoms with Crippen LogP contribution in [0.3, 0.4) is 0 Å². The zero-order valence-corrected chi connectivity index (χ0v) is 14.9. The number of hydrogen-bond donors (Lipinski definition) is 0. The molecule has 23 heavy (non-hydrogen) atoms. The molecule has 1 saturated heterocycles. The Morgan fingerprint density at radius 3 is 2.39 bits per heavy atom. The quantitative estimate of drug-likeness (QED) is 0.830. The summed E-state index contributed by atoms with van der Waals surface area (Å²) in [5, 5.41) is 0. The van der Waals surface area contributed by atoms with Crippen molar-refractivity contribution in [1.82, 2.24) is 9.21 Å². The summed E-state index contributed by atoms with van der Waals surface area (Å²) in [7, 11) is -3.33. The molecule has 0 bridgehead atoms. The minimum atomic E-state index is -3.33. The molecule has 0 unspecified atom stereocenters. The summed E-state index contributed by atoms with van der Waals surface area (Å²) in [6.45, 7) is 6.21. The maximum absolute atomic E-state index is 12.9. The first-order chi connectivity index (χ1) is 11.1. The number of aryl methyl sites for hydroxylation is 2. The smallest absolute Gasteiger partial charge is 0.243 e. The predicted octanol–water partition coefficient (Wildman–Crippen LogP) is 2.67. The second kappa shape index (κ2) is 7.32. The molecule has 2 aliphatic rings. The van der Waals surface area contributed by atoms with E-state index in [1.807, 2.05) is 18.2 Å². The van der Waals surface area contributed by atoms with E-state index in [-0.39, 0.29) is 0 Å². The van der Waals surface area contributed by atoms with Gasteiger partial charge in [0, 0.05) is 26.2 Å². The van der Waals surface area contributed by atoms with Crippen LogP contribution in [0, 0.1) is 0 Å². The number of rotatable bonds is 5. The van der Waals surface area contributed by atoms with Crippen LogP contribution >= 0.6 is 0 Å². The maximum atomic E-state index is 12.9. The van der Waals surface area contributed by atoms with E-state index in [4.69, 9.17) is 0 Å². The first-order valence-electron chi connectivity index (χ1n) is 8.95. The van der Waals surface area contributed by atoms with Crippen molar-refractivity contribution in [1.29, 1.82) is 0 Å². The normalized spacial score (nSPS) is 20.4. The molecule has 0 radical (unpaired) electrons. The molecule has 3 rings (SSSR count). The van der Waals surface area contributed by atoms with Crippen LogP contribution in [0.2, 0.25) is 0 Å². The van der Waals surface area contributed by atoms with Gasteiger partial charge in [-0.05, 0) is 61.9 Å². The summed E-state index contributed by atoms with van der Waals surface area (Å²) in [6, 6.07) is 5.76. The second-order valence-electron chi connectivity index (χ2n) is 6.74. The lowest BCUT2D eigenvalue weighted by molar-refractivity contribution is 0.186. The maximum Gasteiger partial charge on any atom is 0.243 e. The van der Waals surface area contributed by atoms with Crippen LogP contribution in [0.5, 0.6) is 0 Å². The fourth-order valence-corrected chi connectivity index (χ4v) is 5.07. The SMILES string of the molecule is CCCCN1CCN(S(=O)(=O)c2ccc3c(c2)CCCC3)CC1. The Kier molecular flexibility index (Phi) is 5.39. The van der Waals surface area contributed by atoms with Gasteiger partial charge in [-0.2, -0.15) is 4.31 Å². The van der Waals surface area contributed by atoms with Gasteiger partial charge in [0.2, 0.25) is 10.0 Å². The molecular weight excluding hydrogens is 308 g/mol. The number of piperazine rings is 1. The van der Waals surface area contributed by atoms with E-state index in [1.165, 1.54) is 36.8 Å². The molecular formula is C18H28N2O2S. The van der Waals surface area contributed by atoms with Gasteiger partial charge in [0.1, 0.15) is 0 Å². The van der Waals surface area contributed by atoms with E-state index in [1.54, 1.807) is 4.31 Å². The van der Waals surface area contributed by atoms with Gasteiger partial charge in [-0.25, -0.2) is 8.42 Å². The lowest BCUT2D eigenvalue weighted by atomic mass is 9.92. The topological polar surface area (TPSA) is 40.6 Å². The van der Waals surface area contributed by atoms with Gasteiger partial charge >= 0.3 is 0 Å². The van der Waals surface area contributed by atoms with Crippen molar-refractivity contribution in [3.8, 4) is 0 Å². The molecule has 0 saturated carbocycles. The van der Waals surface area contributed by atoms with Gasteiger partial charge in [0.05, 0.1) is 4.90 Å². The second-order valence-corrected chi connectivity index (χ2v) is 8.67. The van der Waals surface area contributed by atoms with Crippen molar-refractivity contribution in [3.05, 3.63) is 29.3 Å². The first kappa shape index (κ1) is 16.9. The Hall–Kier alpha value is -0.910. The molecule has 1 aliphatic heterocycles. The van der Waals surface area contributed by atoms with Crippen molar-refractivity contribution < 1.29 is 8.42 Å². The fourth-order valence-electron chi connectivity index (χ4n) is 3.59. The van der Waals surface area contributed by atoms with E-state index in [9.17, 15) is 8.42 Å². The van der Waals surface area contributed by atoms with Crippen molar-refractivity contribution in [2.75, 3.05) is 32.7 Å². The largest absolute Gasteiger partial charge is 0.301 e. The molecule has 0 N–H and O–H groups in total. The van der Waals surface area contributed by atoms with Crippen LogP contribution in [0.15, 0.2) is 23.1 Å². The van der Waals surface area contributed by atoms with Gasteiger partial charge in [0.25, 0.3) is 0 Å². The van der Waals surface area contributed by atoms with Crippen molar-refractivity contribution in [3.63, 3.8) is 0 Å². The highest BCUT2D eigenvalue weighted by atomic mass is 32.2. The summed E-state index contributed by atoms with van der Waals surface area (Å²) in [5.41, 5.74) is 2.57. The third kappa shape index (κ3) is 3.78. The van der Waals surface area contributed by atoms with E-state index in [0.29, 0.717) is 18.0 Å². The number of nitrogens with zero attached hydrogens (tertiary/aromatic N) is 2. The monoisotopic (exact) mass is 336 g/mol. The van der Waals surface area contributed by atoms with Gasteiger partial charge < -0.3 is 4.90 Å². The number of fused-ring (bicyclic) bond motifs is 1. The van der Waals surface area contributed by atoms with Gasteiger partial charge in [-0.1, -0.05) is 19.4 Å². The fraction of sp³-hybridized carbons (Fsp3) is 0.667. The van der Waals surface area contributed by atoms with Crippen molar-refractivity contribution >= 4 is 10.0 Å². The van der Waals surface area contributed by atoms with Crippen LogP contribution in [-0.2, 0) is 22.9 Å². The third-order valence-corrected chi connectivity index (χ3v) is 7.01. The van der Waals surface area contributed by atoms with Gasteiger partial charge in [-0.15, -0.1) is 0 Å². The van der Waals surface area contributed by atoms with Gasteiger partial charge in [0.15, 0.2) is 0 Å². The number of benzene rings is 1. The van der Waals surface area contributed by atoms with Crippen LogP contribution in [0.25, 0.3) is 0 Å². The molecule has 1 heterocycles. The highest BCUT2D eigenvalue weighted by Crippen LogP contribution is 2.26. The van der Waals surface area contributed by atoms with Crippen LogP contribution in [0.1, 0.15) is 43.7 Å².